The summed E-state index contributed by atoms with van der Waals surface area (Å²) in [5.41, 5.74) is 1.63. The van der Waals surface area contributed by atoms with Crippen LogP contribution < -0.4 is 5.32 Å². The van der Waals surface area contributed by atoms with Gasteiger partial charge in [0.25, 0.3) is 0 Å². The molecule has 1 aliphatic heterocycles. The van der Waals surface area contributed by atoms with Crippen LogP contribution in [0.5, 0.6) is 0 Å². The van der Waals surface area contributed by atoms with Gasteiger partial charge in [-0.25, -0.2) is 0 Å². The molecule has 3 rings (SSSR count). The molecule has 26 heavy (non-hydrogen) atoms. The first kappa shape index (κ1) is 19.8. The number of halogens is 4. The van der Waals surface area contributed by atoms with Gasteiger partial charge in [0.05, 0.1) is 26.7 Å². The number of likely N-dealkylation sites (tertiary alicyclic amines) is 1. The van der Waals surface area contributed by atoms with Crippen LogP contribution in [-0.4, -0.2) is 23.9 Å². The van der Waals surface area contributed by atoms with E-state index < -0.39 is 0 Å². The second-order valence-electron chi connectivity index (χ2n) is 6.44. The Labute approximate surface area is 173 Å². The van der Waals surface area contributed by atoms with Gasteiger partial charge in [-0.3, -0.25) is 9.69 Å². The summed E-state index contributed by atoms with van der Waals surface area (Å²) in [5, 5.41) is 5.01. The van der Waals surface area contributed by atoms with Crippen LogP contribution in [0.3, 0.4) is 0 Å². The van der Waals surface area contributed by atoms with Crippen LogP contribution in [-0.2, 0) is 11.3 Å². The van der Waals surface area contributed by atoms with Crippen LogP contribution in [0.15, 0.2) is 36.4 Å². The first-order valence-corrected chi connectivity index (χ1v) is 9.86. The fraction of sp³-hybridized carbons (Fsp3) is 0.316. The maximum absolute atomic E-state index is 12.6. The molecule has 1 N–H and O–H groups in total. The smallest absolute Gasteiger partial charge is 0.228 e. The minimum absolute atomic E-state index is 0.0343. The summed E-state index contributed by atoms with van der Waals surface area (Å²) in [6.45, 7) is 2.37. The van der Waals surface area contributed by atoms with Crippen molar-refractivity contribution in [3.05, 3.63) is 62.1 Å². The maximum Gasteiger partial charge on any atom is 0.228 e. The number of nitrogens with one attached hydrogen (secondary N) is 1. The summed E-state index contributed by atoms with van der Waals surface area (Å²) in [5.74, 6) is -0.130. The third kappa shape index (κ3) is 5.05. The summed E-state index contributed by atoms with van der Waals surface area (Å²) in [4.78, 5) is 14.9. The van der Waals surface area contributed by atoms with E-state index in [9.17, 15) is 4.79 Å². The number of anilines is 1. The molecule has 7 heteroatoms. The van der Waals surface area contributed by atoms with Crippen LogP contribution >= 0.6 is 46.4 Å². The molecule has 138 valence electrons. The fourth-order valence-corrected chi connectivity index (χ4v) is 3.80. The van der Waals surface area contributed by atoms with E-state index in [2.05, 4.69) is 10.2 Å². The number of hydrogen-bond donors (Lipinski definition) is 1. The third-order valence-corrected chi connectivity index (χ3v) is 5.76. The SMILES string of the molecule is O=C(Nc1cc(Cl)ccc1Cl)C1CCCN(Cc2ccc(Cl)c(Cl)c2)C1. The van der Waals surface area contributed by atoms with Gasteiger partial charge < -0.3 is 5.32 Å². The number of carbonyl (C=O) groups excluding carboxylic acids is 1. The van der Waals surface area contributed by atoms with Crippen molar-refractivity contribution < 1.29 is 4.79 Å². The van der Waals surface area contributed by atoms with Crippen molar-refractivity contribution in [2.24, 2.45) is 5.92 Å². The Bertz CT molecular complexity index is 812. The Balaban J connectivity index is 1.63. The first-order chi connectivity index (χ1) is 12.4. The lowest BCUT2D eigenvalue weighted by Crippen LogP contribution is -2.40. The van der Waals surface area contributed by atoms with E-state index in [0.29, 0.717) is 32.3 Å². The van der Waals surface area contributed by atoms with Gasteiger partial charge in [0.2, 0.25) is 5.91 Å². The van der Waals surface area contributed by atoms with Gasteiger partial charge in [0.15, 0.2) is 0 Å². The van der Waals surface area contributed by atoms with Crippen LogP contribution in [0, 0.1) is 5.92 Å². The largest absolute Gasteiger partial charge is 0.324 e. The van der Waals surface area contributed by atoms with E-state index >= 15 is 0 Å². The van der Waals surface area contributed by atoms with Crippen molar-refractivity contribution in [1.29, 1.82) is 0 Å². The van der Waals surface area contributed by atoms with E-state index in [0.717, 1.165) is 31.5 Å². The molecule has 0 bridgehead atoms. The normalized spacial score (nSPS) is 17.9. The lowest BCUT2D eigenvalue weighted by Gasteiger charge is -2.32. The second kappa shape index (κ2) is 8.81. The predicted molar refractivity (Wildman–Crippen MR) is 110 cm³/mol. The minimum Gasteiger partial charge on any atom is -0.324 e. The van der Waals surface area contributed by atoms with Crippen LogP contribution in [0.25, 0.3) is 0 Å². The number of nitrogens with zero attached hydrogens (tertiary/aromatic N) is 1. The number of rotatable bonds is 4. The Morgan fingerprint density at radius 1 is 1.04 bits per heavy atom. The van der Waals surface area contributed by atoms with Crippen molar-refractivity contribution in [2.75, 3.05) is 18.4 Å². The highest BCUT2D eigenvalue weighted by Gasteiger charge is 2.26. The first-order valence-electron chi connectivity index (χ1n) is 8.34. The molecule has 0 saturated carbocycles. The van der Waals surface area contributed by atoms with Gasteiger partial charge >= 0.3 is 0 Å². The summed E-state index contributed by atoms with van der Waals surface area (Å²) in [6.07, 6.45) is 1.81. The molecule has 1 amide bonds. The Morgan fingerprint density at radius 3 is 2.58 bits per heavy atom. The van der Waals surface area contributed by atoms with Gasteiger partial charge in [-0.05, 0) is 55.3 Å². The van der Waals surface area contributed by atoms with Gasteiger partial charge in [-0.15, -0.1) is 0 Å². The van der Waals surface area contributed by atoms with Gasteiger partial charge in [-0.2, -0.15) is 0 Å². The zero-order valence-electron chi connectivity index (χ0n) is 13.9. The zero-order chi connectivity index (χ0) is 18.7. The molecule has 0 spiro atoms. The van der Waals surface area contributed by atoms with E-state index in [1.807, 2.05) is 12.1 Å². The highest BCUT2D eigenvalue weighted by Crippen LogP contribution is 2.28. The molecule has 3 nitrogen and oxygen atoms in total. The summed E-state index contributed by atoms with van der Waals surface area (Å²) < 4.78 is 0. The minimum atomic E-state index is -0.0958. The van der Waals surface area contributed by atoms with Crippen molar-refractivity contribution in [3.63, 3.8) is 0 Å². The lowest BCUT2D eigenvalue weighted by atomic mass is 9.96. The van der Waals surface area contributed by atoms with Gasteiger partial charge in [-0.1, -0.05) is 52.5 Å². The molecule has 0 aliphatic carbocycles. The molecular weight excluding hydrogens is 414 g/mol. The molecule has 2 aromatic carbocycles. The van der Waals surface area contributed by atoms with Crippen LogP contribution in [0.1, 0.15) is 18.4 Å². The summed E-state index contributed by atoms with van der Waals surface area (Å²) >= 11 is 24.2. The number of hydrogen-bond acceptors (Lipinski definition) is 2. The molecule has 1 fully saturated rings. The van der Waals surface area contributed by atoms with Gasteiger partial charge in [0, 0.05) is 18.1 Å². The Kier molecular flexibility index (Phi) is 6.70. The molecule has 0 aromatic heterocycles. The van der Waals surface area contributed by atoms with E-state index in [-0.39, 0.29) is 11.8 Å². The average molecular weight is 432 g/mol. The molecule has 0 radical (unpaired) electrons. The van der Waals surface area contributed by atoms with E-state index in [1.165, 1.54) is 0 Å². The quantitative estimate of drug-likeness (QED) is 0.629. The molecule has 1 saturated heterocycles. The monoisotopic (exact) mass is 430 g/mol. The second-order valence-corrected chi connectivity index (χ2v) is 8.09. The van der Waals surface area contributed by atoms with Crippen LogP contribution in [0.2, 0.25) is 20.1 Å². The fourth-order valence-electron chi connectivity index (χ4n) is 3.14. The summed E-state index contributed by atoms with van der Waals surface area (Å²) in [7, 11) is 0. The van der Waals surface area contributed by atoms with Crippen molar-refractivity contribution in [2.45, 2.75) is 19.4 Å². The Morgan fingerprint density at radius 2 is 1.81 bits per heavy atom. The van der Waals surface area contributed by atoms with Crippen molar-refractivity contribution >= 4 is 58.0 Å². The van der Waals surface area contributed by atoms with Crippen molar-refractivity contribution in [1.82, 2.24) is 4.90 Å². The molecule has 1 heterocycles. The topological polar surface area (TPSA) is 32.3 Å². The maximum atomic E-state index is 12.6. The number of benzene rings is 2. The average Bonchev–Trinajstić information content (AvgIpc) is 2.61. The van der Waals surface area contributed by atoms with E-state index in [4.69, 9.17) is 46.4 Å². The number of piperidine rings is 1. The number of carbonyl (C=O) groups is 1. The standard InChI is InChI=1S/C19H18Cl4N2O/c20-14-4-6-16(22)18(9-14)24-19(26)13-2-1-7-25(11-13)10-12-3-5-15(21)17(23)8-12/h3-6,8-9,13H,1-2,7,10-11H2,(H,24,26). The lowest BCUT2D eigenvalue weighted by molar-refractivity contribution is -0.121. The van der Waals surface area contributed by atoms with Crippen LogP contribution in [0.4, 0.5) is 5.69 Å². The Hall–Kier alpha value is -0.970. The highest BCUT2D eigenvalue weighted by molar-refractivity contribution is 6.42. The van der Waals surface area contributed by atoms with E-state index in [1.54, 1.807) is 24.3 Å². The predicted octanol–water partition coefficient (Wildman–Crippen LogP) is 6.15. The van der Waals surface area contributed by atoms with Gasteiger partial charge in [0.1, 0.15) is 0 Å². The highest BCUT2D eigenvalue weighted by atomic mass is 35.5. The molecular formula is C19H18Cl4N2O. The summed E-state index contributed by atoms with van der Waals surface area (Å²) in [6, 6.07) is 10.7. The zero-order valence-corrected chi connectivity index (χ0v) is 17.0. The molecule has 2 aromatic rings. The molecule has 1 aliphatic rings. The van der Waals surface area contributed by atoms with Crippen molar-refractivity contribution in [3.8, 4) is 0 Å². The number of amides is 1. The third-order valence-electron chi connectivity index (χ3n) is 4.45. The molecule has 1 atom stereocenters. The molecule has 1 unspecified atom stereocenters.